The lowest BCUT2D eigenvalue weighted by Crippen LogP contribution is -2.55. The molecule has 4 rings (SSSR count). The maximum Gasteiger partial charge on any atom is 0.223 e. The minimum absolute atomic E-state index is 0.191. The fourth-order valence-electron chi connectivity index (χ4n) is 5.37. The minimum Gasteiger partial charge on any atom is -0.337 e. The molecule has 1 amide bonds. The summed E-state index contributed by atoms with van der Waals surface area (Å²) < 4.78 is 0. The molecular weight excluding hydrogens is 320 g/mol. The summed E-state index contributed by atoms with van der Waals surface area (Å²) >= 11 is 6.28. The Morgan fingerprint density at radius 2 is 2.08 bits per heavy atom. The molecule has 130 valence electrons. The summed E-state index contributed by atoms with van der Waals surface area (Å²) in [5.41, 5.74) is 1.37. The lowest BCUT2D eigenvalue weighted by molar-refractivity contribution is -0.137. The predicted molar refractivity (Wildman–Crippen MR) is 96.9 cm³/mol. The first-order valence-electron chi connectivity index (χ1n) is 9.46. The quantitative estimate of drug-likeness (QED) is 0.892. The first-order chi connectivity index (χ1) is 11.7. The van der Waals surface area contributed by atoms with Gasteiger partial charge in [0.05, 0.1) is 0 Å². The van der Waals surface area contributed by atoms with E-state index >= 15 is 0 Å². The van der Waals surface area contributed by atoms with E-state index in [1.807, 2.05) is 18.2 Å². The van der Waals surface area contributed by atoms with Gasteiger partial charge in [-0.2, -0.15) is 0 Å². The summed E-state index contributed by atoms with van der Waals surface area (Å²) in [5, 5.41) is 4.58. The normalized spacial score (nSPS) is 33.0. The van der Waals surface area contributed by atoms with Gasteiger partial charge < -0.3 is 10.2 Å². The van der Waals surface area contributed by atoms with Gasteiger partial charge in [-0.15, -0.1) is 0 Å². The molecule has 1 spiro atoms. The number of carbonyl (C=O) groups excluding carboxylic acids is 1. The minimum atomic E-state index is 0.191. The van der Waals surface area contributed by atoms with Crippen molar-refractivity contribution in [2.24, 2.45) is 5.92 Å². The van der Waals surface area contributed by atoms with Gasteiger partial charge in [-0.1, -0.05) is 29.8 Å². The number of nitrogens with one attached hydrogen (secondary N) is 1. The molecule has 2 heterocycles. The Balaban J connectivity index is 1.44. The van der Waals surface area contributed by atoms with Crippen molar-refractivity contribution in [2.45, 2.75) is 69.5 Å². The van der Waals surface area contributed by atoms with Gasteiger partial charge in [-0.05, 0) is 62.5 Å². The molecule has 1 aromatic rings. The van der Waals surface area contributed by atoms with Gasteiger partial charge in [0.25, 0.3) is 0 Å². The predicted octanol–water partition coefficient (Wildman–Crippen LogP) is 4.14. The lowest BCUT2D eigenvalue weighted by Gasteiger charge is -2.48. The molecule has 1 aromatic carbocycles. The average Bonchev–Trinajstić information content (AvgIpc) is 2.95. The third-order valence-corrected chi connectivity index (χ3v) is 6.94. The summed E-state index contributed by atoms with van der Waals surface area (Å²) in [4.78, 5) is 14.7. The van der Waals surface area contributed by atoms with Crippen LogP contribution < -0.4 is 5.32 Å². The van der Waals surface area contributed by atoms with Crippen LogP contribution in [0.2, 0.25) is 5.02 Å². The first-order valence-corrected chi connectivity index (χ1v) is 9.84. The molecule has 0 aromatic heterocycles. The van der Waals surface area contributed by atoms with Crippen molar-refractivity contribution in [2.75, 3.05) is 6.54 Å². The maximum atomic E-state index is 12.5. The van der Waals surface area contributed by atoms with Crippen molar-refractivity contribution in [1.82, 2.24) is 10.2 Å². The van der Waals surface area contributed by atoms with Crippen molar-refractivity contribution in [1.29, 1.82) is 0 Å². The highest BCUT2D eigenvalue weighted by atomic mass is 35.5. The Morgan fingerprint density at radius 3 is 2.96 bits per heavy atom. The third kappa shape index (κ3) is 2.86. The van der Waals surface area contributed by atoms with Crippen LogP contribution in [0.5, 0.6) is 0 Å². The second-order valence-corrected chi connectivity index (χ2v) is 8.19. The number of benzene rings is 1. The maximum absolute atomic E-state index is 12.5. The van der Waals surface area contributed by atoms with Gasteiger partial charge in [0.15, 0.2) is 0 Å². The molecule has 3 atom stereocenters. The monoisotopic (exact) mass is 346 g/mol. The Kier molecular flexibility index (Phi) is 4.57. The summed E-state index contributed by atoms with van der Waals surface area (Å²) in [6, 6.07) is 8.64. The van der Waals surface area contributed by atoms with E-state index in [2.05, 4.69) is 16.3 Å². The van der Waals surface area contributed by atoms with Crippen LogP contribution >= 0.6 is 11.6 Å². The molecule has 1 N–H and O–H groups in total. The van der Waals surface area contributed by atoms with E-state index in [4.69, 9.17) is 11.6 Å². The van der Waals surface area contributed by atoms with E-state index in [-0.39, 0.29) is 5.54 Å². The number of amides is 1. The lowest BCUT2D eigenvalue weighted by atomic mass is 9.68. The van der Waals surface area contributed by atoms with Gasteiger partial charge in [0, 0.05) is 36.1 Å². The van der Waals surface area contributed by atoms with Gasteiger partial charge in [-0.25, -0.2) is 0 Å². The Hall–Kier alpha value is -1.06. The number of nitrogens with zero attached hydrogens (tertiary/aromatic N) is 1. The van der Waals surface area contributed by atoms with Crippen LogP contribution in [-0.4, -0.2) is 28.9 Å². The largest absolute Gasteiger partial charge is 0.337 e. The van der Waals surface area contributed by atoms with Crippen LogP contribution in [-0.2, 0) is 11.3 Å². The van der Waals surface area contributed by atoms with Gasteiger partial charge in [-0.3, -0.25) is 4.79 Å². The van der Waals surface area contributed by atoms with Crippen molar-refractivity contribution in [3.05, 3.63) is 34.9 Å². The molecule has 1 aliphatic carbocycles. The van der Waals surface area contributed by atoms with Crippen molar-refractivity contribution in [3.8, 4) is 0 Å². The van der Waals surface area contributed by atoms with E-state index in [0.717, 1.165) is 31.0 Å². The summed E-state index contributed by atoms with van der Waals surface area (Å²) in [6.45, 7) is 1.83. The van der Waals surface area contributed by atoms with E-state index in [0.29, 0.717) is 17.9 Å². The highest BCUT2D eigenvalue weighted by Crippen LogP contribution is 2.49. The Bertz CT molecular complexity index is 619. The zero-order valence-electron chi connectivity index (χ0n) is 14.3. The fourth-order valence-corrected chi connectivity index (χ4v) is 5.57. The Labute approximate surface area is 149 Å². The molecule has 24 heavy (non-hydrogen) atoms. The van der Waals surface area contributed by atoms with Gasteiger partial charge in [0.2, 0.25) is 5.91 Å². The average molecular weight is 347 g/mol. The van der Waals surface area contributed by atoms with E-state index in [1.54, 1.807) is 0 Å². The number of carbonyl (C=O) groups is 1. The van der Waals surface area contributed by atoms with Crippen molar-refractivity contribution < 1.29 is 4.79 Å². The highest BCUT2D eigenvalue weighted by Gasteiger charge is 2.52. The molecule has 3 nitrogen and oxygen atoms in total. The van der Waals surface area contributed by atoms with Crippen molar-refractivity contribution in [3.63, 3.8) is 0 Å². The van der Waals surface area contributed by atoms with Gasteiger partial charge >= 0.3 is 0 Å². The molecule has 3 aliphatic rings. The highest BCUT2D eigenvalue weighted by molar-refractivity contribution is 6.31. The molecule has 1 saturated carbocycles. The molecule has 0 unspecified atom stereocenters. The number of rotatable bonds is 3. The standard InChI is InChI=1S/C20H27ClN2O/c21-18-7-2-1-5-15(18)14-22-17-9-11-20-10-4-12-23(20)19(24)8-3-6-16(20)13-17/h1-2,5,7,16-17,22H,3-4,6,8-14H2/t16-,17+,20+/m0/s1. The molecule has 3 fully saturated rings. The SMILES string of the molecule is O=C1CCC[C@H]2C[C@H](NCc3ccccc3Cl)CC[C@]23CCCN13. The number of halogens is 1. The molecule has 2 saturated heterocycles. The second kappa shape index (κ2) is 6.68. The number of hydrogen-bond acceptors (Lipinski definition) is 2. The van der Waals surface area contributed by atoms with Crippen LogP contribution in [0.1, 0.15) is 56.9 Å². The van der Waals surface area contributed by atoms with Crippen LogP contribution in [0.4, 0.5) is 0 Å². The molecule has 2 aliphatic heterocycles. The molecule has 0 radical (unpaired) electrons. The summed E-state index contributed by atoms with van der Waals surface area (Å²) in [6.07, 6.45) is 9.00. The molecule has 4 heteroatoms. The summed E-state index contributed by atoms with van der Waals surface area (Å²) in [5.74, 6) is 1.08. The fraction of sp³-hybridized carbons (Fsp3) is 0.650. The van der Waals surface area contributed by atoms with E-state index in [9.17, 15) is 4.79 Å². The summed E-state index contributed by atoms with van der Waals surface area (Å²) in [7, 11) is 0. The second-order valence-electron chi connectivity index (χ2n) is 7.79. The van der Waals surface area contributed by atoms with E-state index < -0.39 is 0 Å². The van der Waals surface area contributed by atoms with Crippen molar-refractivity contribution >= 4 is 17.5 Å². The Morgan fingerprint density at radius 1 is 1.21 bits per heavy atom. The molecule has 0 bridgehead atoms. The van der Waals surface area contributed by atoms with Crippen LogP contribution in [0, 0.1) is 5.92 Å². The topological polar surface area (TPSA) is 32.3 Å². The van der Waals surface area contributed by atoms with Crippen LogP contribution in [0.3, 0.4) is 0 Å². The number of hydrogen-bond donors (Lipinski definition) is 1. The smallest absolute Gasteiger partial charge is 0.223 e. The molecular formula is C20H27ClN2O. The van der Waals surface area contributed by atoms with Crippen LogP contribution in [0.25, 0.3) is 0 Å². The van der Waals surface area contributed by atoms with E-state index in [1.165, 1.54) is 44.1 Å². The van der Waals surface area contributed by atoms with Crippen LogP contribution in [0.15, 0.2) is 24.3 Å². The zero-order chi connectivity index (χ0) is 16.6. The zero-order valence-corrected chi connectivity index (χ0v) is 15.0. The first kappa shape index (κ1) is 16.4. The third-order valence-electron chi connectivity index (χ3n) is 6.57. The van der Waals surface area contributed by atoms with Gasteiger partial charge in [0.1, 0.15) is 0 Å².